The van der Waals surface area contributed by atoms with Crippen molar-refractivity contribution in [2.24, 2.45) is 0 Å². The maximum absolute atomic E-state index is 12.2. The van der Waals surface area contributed by atoms with E-state index in [4.69, 9.17) is 9.47 Å². The molecule has 0 saturated carbocycles. The second kappa shape index (κ2) is 5.23. The van der Waals surface area contributed by atoms with E-state index in [-0.39, 0.29) is 18.1 Å². The molecule has 0 fully saturated rings. The number of imidazole rings is 1. The van der Waals surface area contributed by atoms with Crippen LogP contribution < -0.4 is 9.47 Å². The lowest BCUT2D eigenvalue weighted by Crippen LogP contribution is -2.16. The summed E-state index contributed by atoms with van der Waals surface area (Å²) in [5.41, 5.74) is 0.454. The molecule has 21 heavy (non-hydrogen) atoms. The third kappa shape index (κ3) is 2.69. The highest BCUT2D eigenvalue weighted by Gasteiger charge is 2.17. The van der Waals surface area contributed by atoms with Crippen molar-refractivity contribution in [2.75, 3.05) is 13.2 Å². The Balaban J connectivity index is 1.77. The summed E-state index contributed by atoms with van der Waals surface area (Å²) in [5, 5.41) is 10.5. The number of hydrogen-bond donors (Lipinski definition) is 0. The van der Waals surface area contributed by atoms with Crippen molar-refractivity contribution in [3.63, 3.8) is 0 Å². The van der Waals surface area contributed by atoms with Gasteiger partial charge >= 0.3 is 5.82 Å². The number of fused-ring (bicyclic) bond motifs is 1. The van der Waals surface area contributed by atoms with Crippen LogP contribution in [0, 0.1) is 10.1 Å². The van der Waals surface area contributed by atoms with Crippen molar-refractivity contribution >= 4 is 11.6 Å². The Kier molecular flexibility index (Phi) is 3.27. The number of carbonyl (C=O) groups excluding carboxylic acids is 1. The number of rotatable bonds is 4. The Hall–Kier alpha value is -2.90. The Bertz CT molecular complexity index is 710. The van der Waals surface area contributed by atoms with Gasteiger partial charge in [0.1, 0.15) is 19.4 Å². The molecule has 8 heteroatoms. The zero-order valence-corrected chi connectivity index (χ0v) is 10.9. The van der Waals surface area contributed by atoms with E-state index in [9.17, 15) is 14.9 Å². The number of nitrogens with zero attached hydrogens (tertiary/aromatic N) is 3. The number of benzene rings is 1. The number of ether oxygens (including phenoxy) is 2. The van der Waals surface area contributed by atoms with E-state index in [0.717, 1.165) is 0 Å². The zero-order chi connectivity index (χ0) is 14.8. The van der Waals surface area contributed by atoms with Gasteiger partial charge in [-0.05, 0) is 28.1 Å². The highest BCUT2D eigenvalue weighted by Crippen LogP contribution is 2.30. The first kappa shape index (κ1) is 13.1. The first-order valence-corrected chi connectivity index (χ1v) is 6.22. The van der Waals surface area contributed by atoms with E-state index in [1.165, 1.54) is 17.1 Å². The second-order valence-electron chi connectivity index (χ2n) is 4.44. The van der Waals surface area contributed by atoms with Crippen LogP contribution in [0.15, 0.2) is 30.7 Å². The average Bonchev–Trinajstić information content (AvgIpc) is 2.95. The highest BCUT2D eigenvalue weighted by atomic mass is 16.6. The van der Waals surface area contributed by atoms with Crippen molar-refractivity contribution in [3.8, 4) is 11.5 Å². The monoisotopic (exact) mass is 289 g/mol. The van der Waals surface area contributed by atoms with Gasteiger partial charge in [-0.15, -0.1) is 0 Å². The number of ketones is 1. The molecule has 2 heterocycles. The van der Waals surface area contributed by atoms with E-state index >= 15 is 0 Å². The van der Waals surface area contributed by atoms with Crippen LogP contribution in [0.4, 0.5) is 5.82 Å². The van der Waals surface area contributed by atoms with E-state index in [1.54, 1.807) is 18.2 Å². The molecule has 3 rings (SSSR count). The van der Waals surface area contributed by atoms with Gasteiger partial charge in [0.25, 0.3) is 0 Å². The summed E-state index contributed by atoms with van der Waals surface area (Å²) in [4.78, 5) is 25.7. The highest BCUT2D eigenvalue weighted by molar-refractivity contribution is 5.96. The van der Waals surface area contributed by atoms with E-state index in [2.05, 4.69) is 4.98 Å². The Morgan fingerprint density at radius 2 is 2.10 bits per heavy atom. The van der Waals surface area contributed by atoms with Crippen LogP contribution in [-0.4, -0.2) is 33.5 Å². The van der Waals surface area contributed by atoms with Gasteiger partial charge < -0.3 is 24.2 Å². The second-order valence-corrected chi connectivity index (χ2v) is 4.44. The summed E-state index contributed by atoms with van der Waals surface area (Å²) < 4.78 is 12.2. The van der Waals surface area contributed by atoms with Crippen LogP contribution >= 0.6 is 0 Å². The zero-order valence-electron chi connectivity index (χ0n) is 10.9. The molecule has 0 amide bonds. The van der Waals surface area contributed by atoms with Crippen LogP contribution in [-0.2, 0) is 6.54 Å². The predicted octanol–water partition coefficient (Wildman–Crippen LogP) is 1.45. The maximum atomic E-state index is 12.2. The minimum absolute atomic E-state index is 0.0273. The SMILES string of the molecule is O=C(Cn1cnc([N+](=O)[O-])c1)c1ccc2c(c1)OCCO2. The van der Waals surface area contributed by atoms with Gasteiger partial charge in [0.2, 0.25) is 6.33 Å². The molecule has 1 aliphatic heterocycles. The first-order chi connectivity index (χ1) is 10.1. The fraction of sp³-hybridized carbons (Fsp3) is 0.231. The first-order valence-electron chi connectivity index (χ1n) is 6.22. The number of nitro groups is 1. The maximum Gasteiger partial charge on any atom is 0.381 e. The van der Waals surface area contributed by atoms with Crippen molar-refractivity contribution < 1.29 is 19.2 Å². The molecule has 108 valence electrons. The average molecular weight is 289 g/mol. The van der Waals surface area contributed by atoms with E-state index in [1.807, 2.05) is 0 Å². The van der Waals surface area contributed by atoms with Gasteiger partial charge in [-0.1, -0.05) is 0 Å². The van der Waals surface area contributed by atoms with Gasteiger partial charge in [0, 0.05) is 5.56 Å². The summed E-state index contributed by atoms with van der Waals surface area (Å²) >= 11 is 0. The third-order valence-electron chi connectivity index (χ3n) is 3.00. The topological polar surface area (TPSA) is 96.5 Å². The molecule has 1 aromatic heterocycles. The Labute approximate surface area is 119 Å². The molecule has 0 atom stereocenters. The lowest BCUT2D eigenvalue weighted by atomic mass is 10.1. The molecular weight excluding hydrogens is 278 g/mol. The quantitative estimate of drug-likeness (QED) is 0.480. The summed E-state index contributed by atoms with van der Waals surface area (Å²) in [5.74, 6) is 0.657. The molecule has 1 aromatic carbocycles. The van der Waals surface area contributed by atoms with Crippen LogP contribution in [0.25, 0.3) is 0 Å². The minimum atomic E-state index is -0.606. The van der Waals surface area contributed by atoms with Gasteiger partial charge in [0.05, 0.1) is 6.54 Å². The number of Topliss-reactive ketones (excluding diaryl/α,β-unsaturated/α-hetero) is 1. The van der Waals surface area contributed by atoms with Crippen molar-refractivity contribution in [3.05, 3.63) is 46.4 Å². The molecule has 0 saturated heterocycles. The van der Waals surface area contributed by atoms with Crippen LogP contribution in [0.1, 0.15) is 10.4 Å². The fourth-order valence-corrected chi connectivity index (χ4v) is 2.00. The normalized spacial score (nSPS) is 13.0. The molecule has 1 aliphatic rings. The lowest BCUT2D eigenvalue weighted by Gasteiger charge is -2.18. The Morgan fingerprint density at radius 3 is 2.81 bits per heavy atom. The molecule has 0 bridgehead atoms. The van der Waals surface area contributed by atoms with E-state index in [0.29, 0.717) is 30.3 Å². The van der Waals surface area contributed by atoms with Gasteiger partial charge in [-0.2, -0.15) is 0 Å². The van der Waals surface area contributed by atoms with Crippen LogP contribution in [0.5, 0.6) is 11.5 Å². The van der Waals surface area contributed by atoms with Crippen LogP contribution in [0.2, 0.25) is 0 Å². The molecule has 0 spiro atoms. The predicted molar refractivity (Wildman–Crippen MR) is 70.6 cm³/mol. The van der Waals surface area contributed by atoms with E-state index < -0.39 is 4.92 Å². The van der Waals surface area contributed by atoms with Gasteiger partial charge in [0.15, 0.2) is 17.3 Å². The van der Waals surface area contributed by atoms with Crippen LogP contribution in [0.3, 0.4) is 0 Å². The molecule has 8 nitrogen and oxygen atoms in total. The molecule has 0 radical (unpaired) electrons. The third-order valence-corrected chi connectivity index (χ3v) is 3.00. The summed E-state index contributed by atoms with van der Waals surface area (Å²) in [6.07, 6.45) is 2.48. The molecular formula is C13H11N3O5. The number of carbonyl (C=O) groups is 1. The Morgan fingerprint density at radius 1 is 1.33 bits per heavy atom. The summed E-state index contributed by atoms with van der Waals surface area (Å²) in [6.45, 7) is 0.901. The number of hydrogen-bond acceptors (Lipinski definition) is 6. The molecule has 0 N–H and O–H groups in total. The van der Waals surface area contributed by atoms with Crippen molar-refractivity contribution in [1.82, 2.24) is 9.55 Å². The minimum Gasteiger partial charge on any atom is -0.486 e. The van der Waals surface area contributed by atoms with Crippen molar-refractivity contribution in [2.45, 2.75) is 6.54 Å². The molecule has 2 aromatic rings. The largest absolute Gasteiger partial charge is 0.486 e. The molecule has 0 unspecified atom stereocenters. The molecule has 0 aliphatic carbocycles. The number of aromatic nitrogens is 2. The standard InChI is InChI=1S/C13H11N3O5/c17-10(6-15-7-13(14-8-15)16(18)19)9-1-2-11-12(5-9)21-4-3-20-11/h1-2,5,7-8H,3-4,6H2. The fourth-order valence-electron chi connectivity index (χ4n) is 2.00. The van der Waals surface area contributed by atoms with Gasteiger partial charge in [-0.3, -0.25) is 4.79 Å². The van der Waals surface area contributed by atoms with Gasteiger partial charge in [-0.25, -0.2) is 0 Å². The summed E-state index contributed by atoms with van der Waals surface area (Å²) in [6, 6.07) is 4.93. The summed E-state index contributed by atoms with van der Waals surface area (Å²) in [7, 11) is 0. The lowest BCUT2D eigenvalue weighted by molar-refractivity contribution is -0.389. The van der Waals surface area contributed by atoms with Crippen molar-refractivity contribution in [1.29, 1.82) is 0 Å². The smallest absolute Gasteiger partial charge is 0.381 e.